The van der Waals surface area contributed by atoms with Crippen LogP contribution in [-0.2, 0) is 26.1 Å². The van der Waals surface area contributed by atoms with Crippen molar-refractivity contribution < 1.29 is 17.9 Å². The number of carbonyl (C=O) groups excluding carboxylic acids is 1. The number of ether oxygens (including phenoxy) is 1. The summed E-state index contributed by atoms with van der Waals surface area (Å²) in [5.41, 5.74) is -0.417. The maximum absolute atomic E-state index is 12.7. The molecule has 29 heavy (non-hydrogen) atoms. The van der Waals surface area contributed by atoms with E-state index in [1.807, 2.05) is 0 Å². The second-order valence-electron chi connectivity index (χ2n) is 8.80. The predicted molar refractivity (Wildman–Crippen MR) is 110 cm³/mol. The van der Waals surface area contributed by atoms with Gasteiger partial charge in [-0.15, -0.1) is 0 Å². The van der Waals surface area contributed by atoms with Crippen LogP contribution in [0, 0.1) is 17.8 Å². The highest BCUT2D eigenvalue weighted by atomic mass is 32.2. The Labute approximate surface area is 173 Å². The molecule has 0 aromatic carbocycles. The van der Waals surface area contributed by atoms with Crippen molar-refractivity contribution in [2.75, 3.05) is 13.1 Å². The van der Waals surface area contributed by atoms with Crippen molar-refractivity contribution in [3.05, 3.63) is 28.7 Å². The molecule has 1 saturated heterocycles. The summed E-state index contributed by atoms with van der Waals surface area (Å²) in [5.74, 6) is 0.734. The van der Waals surface area contributed by atoms with Gasteiger partial charge in [-0.3, -0.25) is 9.59 Å². The van der Waals surface area contributed by atoms with Gasteiger partial charge in [-0.25, -0.2) is 8.42 Å². The summed E-state index contributed by atoms with van der Waals surface area (Å²) in [6.45, 7) is 7.13. The predicted octanol–water partition coefficient (Wildman–Crippen LogP) is 2.64. The van der Waals surface area contributed by atoms with Crippen LogP contribution in [0.1, 0.15) is 52.9 Å². The molecule has 0 N–H and O–H groups in total. The van der Waals surface area contributed by atoms with E-state index in [9.17, 15) is 18.0 Å². The molecule has 1 aliphatic carbocycles. The molecule has 1 aromatic rings. The molecule has 3 rings (SSSR count). The highest BCUT2D eigenvalue weighted by Crippen LogP contribution is 2.35. The van der Waals surface area contributed by atoms with Crippen LogP contribution in [0.3, 0.4) is 0 Å². The number of nitrogens with zero attached hydrogens (tertiary/aromatic N) is 2. The van der Waals surface area contributed by atoms with E-state index in [0.29, 0.717) is 30.8 Å². The van der Waals surface area contributed by atoms with Gasteiger partial charge in [-0.2, -0.15) is 4.31 Å². The van der Waals surface area contributed by atoms with E-state index in [0.717, 1.165) is 36.7 Å². The maximum atomic E-state index is 12.7. The van der Waals surface area contributed by atoms with E-state index in [1.54, 1.807) is 0 Å². The second kappa shape index (κ2) is 9.00. The van der Waals surface area contributed by atoms with Gasteiger partial charge < -0.3 is 9.30 Å². The highest BCUT2D eigenvalue weighted by molar-refractivity contribution is 7.89. The summed E-state index contributed by atoms with van der Waals surface area (Å²) >= 11 is 0. The van der Waals surface area contributed by atoms with Crippen molar-refractivity contribution in [1.29, 1.82) is 0 Å². The van der Waals surface area contributed by atoms with Crippen LogP contribution in [-0.4, -0.2) is 42.5 Å². The van der Waals surface area contributed by atoms with Crippen molar-refractivity contribution >= 4 is 16.0 Å². The SMILES string of the molecule is CC(C)[C@H]1CC[C@@H](C)C[C@H]1OC(=O)Cn1cc(S(=O)(=O)N2CCCC2)ccc1=O. The van der Waals surface area contributed by atoms with E-state index in [1.165, 1.54) is 22.6 Å². The fraction of sp³-hybridized carbons (Fsp3) is 0.714. The molecule has 8 heteroatoms. The monoisotopic (exact) mass is 424 g/mol. The normalized spacial score (nSPS) is 26.0. The smallest absolute Gasteiger partial charge is 0.326 e. The summed E-state index contributed by atoms with van der Waals surface area (Å²) in [6.07, 6.45) is 5.77. The fourth-order valence-corrected chi connectivity index (χ4v) is 6.00. The molecule has 0 radical (unpaired) electrons. The van der Waals surface area contributed by atoms with Gasteiger partial charge in [0.05, 0.1) is 4.90 Å². The zero-order chi connectivity index (χ0) is 21.2. The minimum atomic E-state index is -3.65. The molecule has 0 spiro atoms. The minimum Gasteiger partial charge on any atom is -0.461 e. The standard InChI is InChI=1S/C21H32N2O5S/c1-15(2)18-8-6-16(3)12-19(18)28-21(25)14-22-13-17(7-9-20(22)24)29(26,27)23-10-4-5-11-23/h7,9,13,15-16,18-19H,4-6,8,10-12,14H2,1-3H3/t16-,18-,19-/m1/s1. The van der Waals surface area contributed by atoms with E-state index >= 15 is 0 Å². The van der Waals surface area contributed by atoms with Crippen LogP contribution in [0.2, 0.25) is 0 Å². The van der Waals surface area contributed by atoms with Crippen LogP contribution >= 0.6 is 0 Å². The number of esters is 1. The van der Waals surface area contributed by atoms with Gasteiger partial charge >= 0.3 is 5.97 Å². The Morgan fingerprint density at radius 1 is 1.21 bits per heavy atom. The molecule has 1 aromatic heterocycles. The van der Waals surface area contributed by atoms with Crippen LogP contribution in [0.5, 0.6) is 0 Å². The number of hydrogen-bond donors (Lipinski definition) is 0. The lowest BCUT2D eigenvalue weighted by atomic mass is 9.75. The van der Waals surface area contributed by atoms with Crippen molar-refractivity contribution in [1.82, 2.24) is 8.87 Å². The van der Waals surface area contributed by atoms with Crippen molar-refractivity contribution in [3.63, 3.8) is 0 Å². The van der Waals surface area contributed by atoms with Crippen LogP contribution in [0.25, 0.3) is 0 Å². The van der Waals surface area contributed by atoms with Crippen molar-refractivity contribution in [2.45, 2.75) is 70.4 Å². The molecule has 3 atom stereocenters. The van der Waals surface area contributed by atoms with Gasteiger partial charge in [0.15, 0.2) is 0 Å². The van der Waals surface area contributed by atoms with E-state index < -0.39 is 21.6 Å². The first-order valence-corrected chi connectivity index (χ1v) is 12.0. The largest absolute Gasteiger partial charge is 0.461 e. The van der Waals surface area contributed by atoms with Gasteiger partial charge in [0.25, 0.3) is 5.56 Å². The summed E-state index contributed by atoms with van der Waals surface area (Å²) in [6, 6.07) is 2.52. The third kappa shape index (κ3) is 5.09. The van der Waals surface area contributed by atoms with Crippen LogP contribution in [0.15, 0.2) is 28.0 Å². The molecule has 1 saturated carbocycles. The number of aromatic nitrogens is 1. The molecular formula is C21H32N2O5S. The maximum Gasteiger partial charge on any atom is 0.326 e. The first-order valence-electron chi connectivity index (χ1n) is 10.6. The zero-order valence-corrected chi connectivity index (χ0v) is 18.4. The van der Waals surface area contributed by atoms with E-state index in [4.69, 9.17) is 4.74 Å². The highest BCUT2D eigenvalue weighted by Gasteiger charge is 2.33. The summed E-state index contributed by atoms with van der Waals surface area (Å²) in [7, 11) is -3.65. The summed E-state index contributed by atoms with van der Waals surface area (Å²) in [4.78, 5) is 24.8. The third-order valence-corrected chi connectivity index (χ3v) is 8.08. The number of carbonyl (C=O) groups is 1. The van der Waals surface area contributed by atoms with E-state index in [2.05, 4.69) is 20.8 Å². The quantitative estimate of drug-likeness (QED) is 0.656. The molecule has 2 heterocycles. The molecule has 162 valence electrons. The Bertz CT molecular complexity index is 887. The number of hydrogen-bond acceptors (Lipinski definition) is 5. The molecule has 2 fully saturated rings. The molecule has 0 unspecified atom stereocenters. The minimum absolute atomic E-state index is 0.0399. The second-order valence-corrected chi connectivity index (χ2v) is 10.7. The van der Waals surface area contributed by atoms with Gasteiger partial charge in [0, 0.05) is 25.4 Å². The van der Waals surface area contributed by atoms with Gasteiger partial charge in [0.2, 0.25) is 10.0 Å². The lowest BCUT2D eigenvalue weighted by Gasteiger charge is -2.36. The Balaban J connectivity index is 1.74. The zero-order valence-electron chi connectivity index (χ0n) is 17.5. The number of rotatable bonds is 6. The lowest BCUT2D eigenvalue weighted by molar-refractivity contribution is -0.156. The average molecular weight is 425 g/mol. The molecule has 0 amide bonds. The lowest BCUT2D eigenvalue weighted by Crippen LogP contribution is -2.37. The first-order chi connectivity index (χ1) is 13.7. The third-order valence-electron chi connectivity index (χ3n) is 6.20. The molecule has 0 bridgehead atoms. The molecule has 1 aliphatic heterocycles. The number of pyridine rings is 1. The average Bonchev–Trinajstić information content (AvgIpc) is 3.18. The van der Waals surface area contributed by atoms with Gasteiger partial charge in [0.1, 0.15) is 12.6 Å². The van der Waals surface area contributed by atoms with Gasteiger partial charge in [-0.1, -0.05) is 27.2 Å². The first kappa shape index (κ1) is 22.0. The molecular weight excluding hydrogens is 392 g/mol. The summed E-state index contributed by atoms with van der Waals surface area (Å²) < 4.78 is 33.8. The number of sulfonamides is 1. The van der Waals surface area contributed by atoms with Crippen molar-refractivity contribution in [2.24, 2.45) is 17.8 Å². The molecule has 2 aliphatic rings. The van der Waals surface area contributed by atoms with Crippen molar-refractivity contribution in [3.8, 4) is 0 Å². The topological polar surface area (TPSA) is 85.7 Å². The Kier molecular flexibility index (Phi) is 6.83. The van der Waals surface area contributed by atoms with E-state index in [-0.39, 0.29) is 17.5 Å². The van der Waals surface area contributed by atoms with Gasteiger partial charge in [-0.05, 0) is 49.5 Å². The molecule has 7 nitrogen and oxygen atoms in total. The Morgan fingerprint density at radius 2 is 1.90 bits per heavy atom. The van der Waals surface area contributed by atoms with Crippen LogP contribution < -0.4 is 5.56 Å². The Morgan fingerprint density at radius 3 is 2.55 bits per heavy atom. The fourth-order valence-electron chi connectivity index (χ4n) is 4.46. The summed E-state index contributed by atoms with van der Waals surface area (Å²) in [5, 5.41) is 0. The van der Waals surface area contributed by atoms with Crippen LogP contribution in [0.4, 0.5) is 0 Å². The Hall–Kier alpha value is -1.67.